The summed E-state index contributed by atoms with van der Waals surface area (Å²) in [5.41, 5.74) is -3.37. The van der Waals surface area contributed by atoms with E-state index in [9.17, 15) is 62.3 Å². The fourth-order valence-corrected chi connectivity index (χ4v) is 7.31. The second-order valence-electron chi connectivity index (χ2n) is 29.1. The van der Waals surface area contributed by atoms with Crippen LogP contribution in [0, 0.1) is 61.6 Å². The molecule has 12 amide bonds. The van der Waals surface area contributed by atoms with E-state index in [1.807, 2.05) is 111 Å². The van der Waals surface area contributed by atoms with E-state index in [2.05, 4.69) is 36.6 Å². The molecule has 1 saturated heterocycles. The SMILES string of the molecule is CCC(C)(C)C(=O)NC(=O)C(C)(C)C.CCC(C)(C)C(=O)NC(=O)C(C)C.CCC(C)(C)C(=O)NC(=O)C1CCCCCC1.CCC(C)(C)C(=O)NC(=O)C1CCCCCCC1.CCC(C)(C)C(=O)NC(=O)C1CCOC1=O.CCC(C)(C)C(=O)NC(C)=O. The molecule has 0 radical (unpaired) electrons. The Balaban J connectivity index is -0.00000100. The predicted octanol–water partition coefficient (Wildman–Crippen LogP) is 12.0. The van der Waals surface area contributed by atoms with Crippen LogP contribution in [0.4, 0.5) is 0 Å². The number of amides is 12. The molecule has 1 heterocycles. The molecule has 1 unspecified atom stereocenters. The first kappa shape index (κ1) is 87.5. The van der Waals surface area contributed by atoms with Crippen LogP contribution in [-0.4, -0.2) is 83.5 Å². The van der Waals surface area contributed by atoms with E-state index in [1.165, 1.54) is 39.0 Å². The maximum Gasteiger partial charge on any atom is 0.318 e. The van der Waals surface area contributed by atoms with Crippen molar-refractivity contribution in [3.05, 3.63) is 0 Å². The van der Waals surface area contributed by atoms with Crippen LogP contribution in [0.3, 0.4) is 0 Å². The summed E-state index contributed by atoms with van der Waals surface area (Å²) >= 11 is 0. The van der Waals surface area contributed by atoms with E-state index >= 15 is 0 Å². The number of carbonyl (C=O) groups is 13. The van der Waals surface area contributed by atoms with Gasteiger partial charge in [0.1, 0.15) is 5.92 Å². The summed E-state index contributed by atoms with van der Waals surface area (Å²) in [6.07, 6.45) is 19.0. The Morgan fingerprint density at radius 3 is 0.876 bits per heavy atom. The Morgan fingerprint density at radius 2 is 0.629 bits per heavy atom. The van der Waals surface area contributed by atoms with Crippen molar-refractivity contribution in [1.82, 2.24) is 31.9 Å². The molecule has 0 aromatic carbocycles. The van der Waals surface area contributed by atoms with Crippen LogP contribution in [0.1, 0.15) is 295 Å². The maximum absolute atomic E-state index is 12.1. The fraction of sp³-hybridized carbons (Fsp3) is 0.812. The van der Waals surface area contributed by atoms with Crippen molar-refractivity contribution in [3.63, 3.8) is 0 Å². The highest BCUT2D eigenvalue weighted by molar-refractivity contribution is 6.07. The molecule has 2 saturated carbocycles. The Morgan fingerprint density at radius 1 is 0.371 bits per heavy atom. The molecule has 0 spiro atoms. The summed E-state index contributed by atoms with van der Waals surface area (Å²) in [5, 5.41) is 14.5. The Kier molecular flexibility index (Phi) is 40.2. The van der Waals surface area contributed by atoms with Crippen molar-refractivity contribution in [2.75, 3.05) is 6.61 Å². The highest BCUT2D eigenvalue weighted by atomic mass is 16.5. The molecule has 1 atom stereocenters. The molecule has 3 rings (SSSR count). The molecule has 3 aliphatic rings. The van der Waals surface area contributed by atoms with Gasteiger partial charge in [0.25, 0.3) is 0 Å². The van der Waals surface area contributed by atoms with E-state index in [4.69, 9.17) is 0 Å². The molecule has 0 bridgehead atoms. The van der Waals surface area contributed by atoms with Gasteiger partial charge in [-0.2, -0.15) is 0 Å². The van der Waals surface area contributed by atoms with Gasteiger partial charge in [-0.25, -0.2) is 0 Å². The van der Waals surface area contributed by atoms with Gasteiger partial charge >= 0.3 is 5.97 Å². The first-order valence-electron chi connectivity index (χ1n) is 32.9. The number of cyclic esters (lactones) is 1. The van der Waals surface area contributed by atoms with Crippen molar-refractivity contribution < 1.29 is 67.1 Å². The Hall–Kier alpha value is -5.69. The van der Waals surface area contributed by atoms with Gasteiger partial charge in [0.2, 0.25) is 70.9 Å². The lowest BCUT2D eigenvalue weighted by molar-refractivity contribution is -0.147. The molecule has 1 aliphatic heterocycles. The lowest BCUT2D eigenvalue weighted by atomic mass is 9.87. The van der Waals surface area contributed by atoms with Gasteiger partial charge in [0.05, 0.1) is 6.61 Å². The largest absolute Gasteiger partial charge is 0.465 e. The normalized spacial score (nSPS) is 16.0. The van der Waals surface area contributed by atoms with Gasteiger partial charge in [-0.15, -0.1) is 0 Å². The molecule has 2 aliphatic carbocycles. The number of rotatable bonds is 16. The Labute approximate surface area is 536 Å². The fourth-order valence-electron chi connectivity index (χ4n) is 7.31. The molecular weight excluding hydrogens is 1140 g/mol. The smallest absolute Gasteiger partial charge is 0.318 e. The minimum atomic E-state index is -0.823. The first-order chi connectivity index (χ1) is 40.6. The summed E-state index contributed by atoms with van der Waals surface area (Å²) in [4.78, 5) is 150. The van der Waals surface area contributed by atoms with Gasteiger partial charge in [0.15, 0.2) is 0 Å². The molecule has 20 heteroatoms. The quantitative estimate of drug-likeness (QED) is 0.0476. The molecule has 6 N–H and O–H groups in total. The van der Waals surface area contributed by atoms with E-state index in [-0.39, 0.29) is 89.3 Å². The molecule has 0 aromatic heterocycles. The van der Waals surface area contributed by atoms with Gasteiger partial charge in [-0.3, -0.25) is 94.2 Å². The zero-order valence-corrected chi connectivity index (χ0v) is 59.9. The topological polar surface area (TPSA) is 303 Å². The van der Waals surface area contributed by atoms with E-state index in [0.717, 1.165) is 83.5 Å². The monoisotopic (exact) mass is 1260 g/mol. The molecule has 514 valence electrons. The van der Waals surface area contributed by atoms with Gasteiger partial charge in [0, 0.05) is 69.0 Å². The molecule has 89 heavy (non-hydrogen) atoms. The average molecular weight is 1260 g/mol. The highest BCUT2D eigenvalue weighted by Gasteiger charge is 2.37. The van der Waals surface area contributed by atoms with Gasteiger partial charge in [-0.05, 0) is 64.2 Å². The summed E-state index contributed by atoms with van der Waals surface area (Å²) in [6, 6.07) is 0. The summed E-state index contributed by atoms with van der Waals surface area (Å²) in [6.45, 7) is 44.0. The summed E-state index contributed by atoms with van der Waals surface area (Å²) in [7, 11) is 0. The highest BCUT2D eigenvalue weighted by Crippen LogP contribution is 2.28. The first-order valence-corrected chi connectivity index (χ1v) is 32.9. The van der Waals surface area contributed by atoms with Crippen LogP contribution < -0.4 is 31.9 Å². The van der Waals surface area contributed by atoms with Crippen LogP contribution in [-0.2, 0) is 67.1 Å². The molecule has 3 fully saturated rings. The molecule has 0 aromatic rings. The number of imide groups is 6. The minimum Gasteiger partial charge on any atom is -0.465 e. The zero-order chi connectivity index (χ0) is 70.1. The van der Waals surface area contributed by atoms with Gasteiger partial charge in [-0.1, -0.05) is 217 Å². The minimum absolute atomic E-state index is 0.0434. The van der Waals surface area contributed by atoms with Crippen molar-refractivity contribution in [2.24, 2.45) is 61.6 Å². The number of hydrogen-bond acceptors (Lipinski definition) is 14. The number of ether oxygens (including phenoxy) is 1. The zero-order valence-electron chi connectivity index (χ0n) is 59.9. The van der Waals surface area contributed by atoms with Crippen LogP contribution in [0.15, 0.2) is 0 Å². The maximum atomic E-state index is 12.1. The standard InChI is InChI=1S/C15H27NO2.C14H25NO2.C11H17NO4.C11H21NO2.C10H19NO2.C8H15NO2/c1-4-15(2,3)14(18)16-13(17)12-10-8-6-5-7-9-11-12;1-4-14(2,3)13(17)15-12(16)11-9-7-5-6-8-10-11;1-4-11(2,3)10(15)12-8(13)7-5-6-16-9(7)14;1-7-11(5,6)9(14)12-8(13)10(2,3)4;1-6-10(4,5)9(13)11-8(12)7(2)3;1-5-8(3,4)7(11)9-6(2)10/h12H,4-11H2,1-3H3,(H,16,17,18);11H,4-10H2,1-3H3,(H,15,16,17);7H,4-6H2,1-3H3,(H,12,13,15);7H2,1-6H3,(H,12,13,14);7H,6H2,1-5H3,(H,11,12,13);5H2,1-4H3,(H,9,10,11). The Bertz CT molecular complexity index is 2330. The van der Waals surface area contributed by atoms with Crippen LogP contribution in [0.2, 0.25) is 0 Å². The van der Waals surface area contributed by atoms with E-state index in [1.54, 1.807) is 48.5 Å². The number of nitrogens with one attached hydrogen (secondary N) is 6. The lowest BCUT2D eigenvalue weighted by Gasteiger charge is -2.24. The summed E-state index contributed by atoms with van der Waals surface area (Å²) < 4.78 is 4.67. The van der Waals surface area contributed by atoms with Crippen LogP contribution in [0.5, 0.6) is 0 Å². The number of carbonyl (C=O) groups excluding carboxylic acids is 13. The van der Waals surface area contributed by atoms with Crippen molar-refractivity contribution >= 4 is 76.9 Å². The third kappa shape index (κ3) is 34.9. The van der Waals surface area contributed by atoms with E-state index in [0.29, 0.717) is 12.8 Å². The van der Waals surface area contributed by atoms with Crippen molar-refractivity contribution in [3.8, 4) is 0 Å². The molecular formula is C69H124N6O14. The van der Waals surface area contributed by atoms with Gasteiger partial charge < -0.3 is 4.74 Å². The second-order valence-corrected chi connectivity index (χ2v) is 29.1. The predicted molar refractivity (Wildman–Crippen MR) is 349 cm³/mol. The average Bonchev–Trinajstić information content (AvgIpc) is 3.74. The van der Waals surface area contributed by atoms with Crippen molar-refractivity contribution in [2.45, 2.75) is 295 Å². The number of esters is 1. The van der Waals surface area contributed by atoms with E-state index < -0.39 is 55.7 Å². The third-order valence-electron chi connectivity index (χ3n) is 17.6. The molecule has 20 nitrogen and oxygen atoms in total. The second kappa shape index (κ2) is 40.9. The van der Waals surface area contributed by atoms with Crippen LogP contribution in [0.25, 0.3) is 0 Å². The summed E-state index contributed by atoms with van der Waals surface area (Å²) in [5.74, 6) is -3.97. The van der Waals surface area contributed by atoms with Crippen LogP contribution >= 0.6 is 0 Å². The number of hydrogen-bond donors (Lipinski definition) is 6. The lowest BCUT2D eigenvalue weighted by Crippen LogP contribution is -2.44. The third-order valence-corrected chi connectivity index (χ3v) is 17.6. The van der Waals surface area contributed by atoms with Crippen molar-refractivity contribution in [1.29, 1.82) is 0 Å².